The van der Waals surface area contributed by atoms with Crippen molar-refractivity contribution in [2.75, 3.05) is 26.8 Å². The van der Waals surface area contributed by atoms with Crippen molar-refractivity contribution in [3.63, 3.8) is 0 Å². The number of methoxy groups -OCH3 is 1. The number of nitrogens with zero attached hydrogens (tertiary/aromatic N) is 2. The Morgan fingerprint density at radius 3 is 3.16 bits per heavy atom. The Labute approximate surface area is 114 Å². The lowest BCUT2D eigenvalue weighted by Gasteiger charge is -2.42. The molecule has 2 heterocycles. The molecule has 1 aliphatic heterocycles. The van der Waals surface area contributed by atoms with Gasteiger partial charge in [0.1, 0.15) is 0 Å². The fraction of sp³-hybridized carbons (Fsp3) is 0.667. The maximum Gasteiger partial charge on any atom is 0.0685 e. The molecule has 104 valence electrons. The molecule has 2 atom stereocenters. The summed E-state index contributed by atoms with van der Waals surface area (Å²) in [6.07, 6.45) is 7.92. The first-order chi connectivity index (χ1) is 9.31. The van der Waals surface area contributed by atoms with Crippen LogP contribution in [0.25, 0.3) is 0 Å². The second-order valence-electron chi connectivity index (χ2n) is 5.73. The molecule has 0 unspecified atom stereocenters. The minimum absolute atomic E-state index is 0.598. The lowest BCUT2D eigenvalue weighted by Crippen LogP contribution is -2.49. The lowest BCUT2D eigenvalue weighted by atomic mass is 9.79. The Hall–Kier alpha value is -1.13. The second-order valence-corrected chi connectivity index (χ2v) is 5.73. The summed E-state index contributed by atoms with van der Waals surface area (Å²) >= 11 is 0. The first-order valence-corrected chi connectivity index (χ1v) is 7.26. The molecule has 1 aromatic heterocycles. The molecule has 1 N–H and O–H groups in total. The standard InChI is InChI=1S/C15H23N3O/c1-3-4-18-9-11(10-19-2)5-12-6-14-13(7-15(12)18)8-16-17-14/h5,8,12,15H,3-4,6-7,9-10H2,1-2H3,(H,16,17)/t12-,15-/m0/s1. The second kappa shape index (κ2) is 5.47. The molecule has 1 aromatic rings. The zero-order valence-corrected chi connectivity index (χ0v) is 11.9. The van der Waals surface area contributed by atoms with Gasteiger partial charge in [0.2, 0.25) is 0 Å². The molecule has 2 aliphatic rings. The van der Waals surface area contributed by atoms with Crippen LogP contribution in [-0.4, -0.2) is 47.9 Å². The molecule has 19 heavy (non-hydrogen) atoms. The van der Waals surface area contributed by atoms with E-state index < -0.39 is 0 Å². The number of hydrogen-bond donors (Lipinski definition) is 1. The smallest absolute Gasteiger partial charge is 0.0685 e. The highest BCUT2D eigenvalue weighted by Gasteiger charge is 2.35. The largest absolute Gasteiger partial charge is 0.380 e. The summed E-state index contributed by atoms with van der Waals surface area (Å²) in [5.41, 5.74) is 4.09. The first kappa shape index (κ1) is 12.9. The van der Waals surface area contributed by atoms with E-state index in [1.165, 1.54) is 29.8 Å². The maximum absolute atomic E-state index is 5.33. The molecule has 0 saturated carbocycles. The zero-order valence-electron chi connectivity index (χ0n) is 11.9. The summed E-state index contributed by atoms with van der Waals surface area (Å²) in [5.74, 6) is 0.598. The molecule has 0 saturated heterocycles. The van der Waals surface area contributed by atoms with Crippen molar-refractivity contribution in [1.82, 2.24) is 15.1 Å². The van der Waals surface area contributed by atoms with Crippen LogP contribution >= 0.6 is 0 Å². The van der Waals surface area contributed by atoms with E-state index in [1.54, 1.807) is 7.11 Å². The summed E-state index contributed by atoms with van der Waals surface area (Å²) in [6, 6.07) is 0.644. The third-order valence-corrected chi connectivity index (χ3v) is 4.33. The Morgan fingerprint density at radius 1 is 1.47 bits per heavy atom. The van der Waals surface area contributed by atoms with Gasteiger partial charge in [0.15, 0.2) is 0 Å². The summed E-state index contributed by atoms with van der Waals surface area (Å²) in [7, 11) is 1.78. The van der Waals surface area contributed by atoms with Gasteiger partial charge in [0.25, 0.3) is 0 Å². The highest BCUT2D eigenvalue weighted by molar-refractivity contribution is 5.28. The Bertz CT molecular complexity index is 466. The minimum Gasteiger partial charge on any atom is -0.380 e. The molecule has 0 fully saturated rings. The lowest BCUT2D eigenvalue weighted by molar-refractivity contribution is 0.133. The van der Waals surface area contributed by atoms with E-state index in [0.29, 0.717) is 12.0 Å². The molecule has 0 amide bonds. The topological polar surface area (TPSA) is 41.1 Å². The predicted octanol–water partition coefficient (Wildman–Crippen LogP) is 1.79. The highest BCUT2D eigenvalue weighted by Crippen LogP contribution is 2.33. The van der Waals surface area contributed by atoms with E-state index in [0.717, 1.165) is 26.0 Å². The zero-order chi connectivity index (χ0) is 13.2. The summed E-state index contributed by atoms with van der Waals surface area (Å²) < 4.78 is 5.33. The number of aromatic amines is 1. The minimum atomic E-state index is 0.598. The third kappa shape index (κ3) is 2.47. The van der Waals surface area contributed by atoms with Crippen LogP contribution < -0.4 is 0 Å². The molecule has 0 spiro atoms. The van der Waals surface area contributed by atoms with E-state index in [9.17, 15) is 0 Å². The van der Waals surface area contributed by atoms with E-state index in [2.05, 4.69) is 34.3 Å². The van der Waals surface area contributed by atoms with Crippen molar-refractivity contribution in [3.05, 3.63) is 29.1 Å². The van der Waals surface area contributed by atoms with Crippen molar-refractivity contribution in [2.24, 2.45) is 5.92 Å². The Kier molecular flexibility index (Phi) is 3.71. The molecule has 0 aromatic carbocycles. The van der Waals surface area contributed by atoms with Crippen molar-refractivity contribution < 1.29 is 4.74 Å². The molecule has 4 nitrogen and oxygen atoms in total. The van der Waals surface area contributed by atoms with E-state index in [4.69, 9.17) is 4.74 Å². The average molecular weight is 261 g/mol. The Morgan fingerprint density at radius 2 is 2.37 bits per heavy atom. The summed E-state index contributed by atoms with van der Waals surface area (Å²) in [4.78, 5) is 2.63. The van der Waals surface area contributed by atoms with Gasteiger partial charge in [-0.2, -0.15) is 5.10 Å². The average Bonchev–Trinajstić information content (AvgIpc) is 2.84. The summed E-state index contributed by atoms with van der Waals surface area (Å²) in [5, 5.41) is 7.41. The molecule has 3 rings (SSSR count). The predicted molar refractivity (Wildman–Crippen MR) is 75.1 cm³/mol. The number of H-pyrrole nitrogens is 1. The molecule has 0 bridgehead atoms. The van der Waals surface area contributed by atoms with Crippen LogP contribution in [0.2, 0.25) is 0 Å². The normalized spacial score (nSPS) is 26.7. The van der Waals surface area contributed by atoms with E-state index in [-0.39, 0.29) is 0 Å². The van der Waals surface area contributed by atoms with Gasteiger partial charge in [-0.1, -0.05) is 13.0 Å². The van der Waals surface area contributed by atoms with Crippen LogP contribution in [0, 0.1) is 5.92 Å². The first-order valence-electron chi connectivity index (χ1n) is 7.26. The van der Waals surface area contributed by atoms with Crippen molar-refractivity contribution >= 4 is 0 Å². The van der Waals surface area contributed by atoms with Crippen LogP contribution in [0.1, 0.15) is 24.6 Å². The molecule has 0 radical (unpaired) electrons. The SMILES string of the molecule is CCCN1CC(COC)=C[C@H]2Cc3n[nH]cc3C[C@@H]21. The molecular formula is C15H23N3O. The molecular weight excluding hydrogens is 238 g/mol. The van der Waals surface area contributed by atoms with Gasteiger partial charge in [-0.05, 0) is 42.9 Å². The van der Waals surface area contributed by atoms with Gasteiger partial charge >= 0.3 is 0 Å². The van der Waals surface area contributed by atoms with Gasteiger partial charge in [-0.15, -0.1) is 0 Å². The van der Waals surface area contributed by atoms with Gasteiger partial charge < -0.3 is 4.74 Å². The van der Waals surface area contributed by atoms with E-state index in [1.807, 2.05) is 0 Å². The highest BCUT2D eigenvalue weighted by atomic mass is 16.5. The third-order valence-electron chi connectivity index (χ3n) is 4.33. The van der Waals surface area contributed by atoms with Crippen LogP contribution in [0.3, 0.4) is 0 Å². The van der Waals surface area contributed by atoms with Crippen molar-refractivity contribution in [1.29, 1.82) is 0 Å². The van der Waals surface area contributed by atoms with Gasteiger partial charge in [0.05, 0.1) is 12.3 Å². The number of aromatic nitrogens is 2. The number of rotatable bonds is 4. The van der Waals surface area contributed by atoms with Crippen molar-refractivity contribution in [3.8, 4) is 0 Å². The van der Waals surface area contributed by atoms with Crippen molar-refractivity contribution in [2.45, 2.75) is 32.2 Å². The van der Waals surface area contributed by atoms with Crippen LogP contribution in [0.4, 0.5) is 0 Å². The number of ether oxygens (including phenoxy) is 1. The van der Waals surface area contributed by atoms with Gasteiger partial charge in [0, 0.05) is 25.9 Å². The van der Waals surface area contributed by atoms with Gasteiger partial charge in [-0.25, -0.2) is 0 Å². The maximum atomic E-state index is 5.33. The van der Waals surface area contributed by atoms with Crippen LogP contribution in [0.5, 0.6) is 0 Å². The molecule has 1 aliphatic carbocycles. The number of fused-ring (bicyclic) bond motifs is 2. The Balaban J connectivity index is 1.85. The summed E-state index contributed by atoms with van der Waals surface area (Å²) in [6.45, 7) is 5.26. The van der Waals surface area contributed by atoms with E-state index >= 15 is 0 Å². The fourth-order valence-electron chi connectivity index (χ4n) is 3.55. The molecule has 4 heteroatoms. The van der Waals surface area contributed by atoms with Gasteiger partial charge in [-0.3, -0.25) is 10.00 Å². The quantitative estimate of drug-likeness (QED) is 0.840. The monoisotopic (exact) mass is 261 g/mol. The number of nitrogens with one attached hydrogen (secondary N) is 1. The fourth-order valence-corrected chi connectivity index (χ4v) is 3.55. The number of hydrogen-bond acceptors (Lipinski definition) is 3. The van der Waals surface area contributed by atoms with Crippen LogP contribution in [0.15, 0.2) is 17.8 Å². The van der Waals surface area contributed by atoms with Crippen LogP contribution in [-0.2, 0) is 17.6 Å².